The Labute approximate surface area is 420 Å². The Kier molecular flexibility index (Phi) is 8.18. The lowest BCUT2D eigenvalue weighted by molar-refractivity contribution is 0.436. The number of nitrogens with zero attached hydrogens (tertiary/aromatic N) is 1. The summed E-state index contributed by atoms with van der Waals surface area (Å²) >= 11 is 1.87. The Balaban J connectivity index is 0.998. The molecule has 0 radical (unpaired) electrons. The van der Waals surface area contributed by atoms with E-state index in [2.05, 4.69) is 254 Å². The Hall–Kier alpha value is -8.96. The van der Waals surface area contributed by atoms with Gasteiger partial charge in [0.05, 0.1) is 22.2 Å². The summed E-state index contributed by atoms with van der Waals surface area (Å²) in [6, 6.07) is 91.5. The van der Waals surface area contributed by atoms with Crippen molar-refractivity contribution in [3.63, 3.8) is 0 Å². The lowest BCUT2D eigenvalue weighted by atomic mass is 9.66. The summed E-state index contributed by atoms with van der Waals surface area (Å²) in [5.74, 6) is 1.79. The molecular formula is C68H41NO2S. The Morgan fingerprint density at radius 2 is 0.903 bits per heavy atom. The fourth-order valence-corrected chi connectivity index (χ4v) is 14.4. The second-order valence-corrected chi connectivity index (χ2v) is 20.5. The van der Waals surface area contributed by atoms with Crippen LogP contribution in [0.15, 0.2) is 253 Å². The standard InChI is InChI=1S/C68H41NO2S/c1-3-19-42(20-4-1)67(43-21-5-2-6-22-43)52-27-10-7-23-45(52)47-38-37-44(39-56(47)67)69(59-32-17-26-49-48-25-9-14-33-60(48)71-66(49)59)58-31-18-36-63-65(58)51-40-50-46-24-8-11-28-53(46)68(57(50)41-64(51)72-63)54-29-12-15-34-61(54)70-62-35-16-13-30-55(62)68/h1-41H. The number of ether oxygens (including phenoxy) is 1. The molecule has 2 aliphatic carbocycles. The molecule has 13 aromatic rings. The molecule has 4 heteroatoms. The molecule has 1 spiro atoms. The Morgan fingerprint density at radius 1 is 0.347 bits per heavy atom. The molecule has 0 bridgehead atoms. The van der Waals surface area contributed by atoms with Crippen molar-refractivity contribution in [1.29, 1.82) is 0 Å². The normalized spacial score (nSPS) is 14.2. The first-order valence-electron chi connectivity index (χ1n) is 24.7. The summed E-state index contributed by atoms with van der Waals surface area (Å²) in [4.78, 5) is 2.48. The van der Waals surface area contributed by atoms with Gasteiger partial charge in [0.25, 0.3) is 0 Å². The van der Waals surface area contributed by atoms with Gasteiger partial charge in [-0.3, -0.25) is 0 Å². The van der Waals surface area contributed by atoms with Gasteiger partial charge in [-0.05, 0) is 116 Å². The number of thiophene rings is 1. The zero-order valence-corrected chi connectivity index (χ0v) is 39.7. The SMILES string of the molecule is c1ccc(C2(c3ccccc3)c3ccccc3-c3ccc(N(c4cccc5c4oc4ccccc45)c4cccc5sc6cc7c(cc6c45)-c4ccccc4C74c5ccccc5Oc5ccccc54)cc32)cc1. The van der Waals surface area contributed by atoms with Crippen LogP contribution in [-0.4, -0.2) is 0 Å². The molecule has 0 unspecified atom stereocenters. The Morgan fingerprint density at radius 3 is 1.64 bits per heavy atom. The van der Waals surface area contributed by atoms with E-state index in [4.69, 9.17) is 9.15 Å². The maximum absolute atomic E-state index is 6.98. The maximum Gasteiger partial charge on any atom is 0.159 e. The van der Waals surface area contributed by atoms with Gasteiger partial charge in [-0.25, -0.2) is 0 Å². The lowest BCUT2D eigenvalue weighted by Gasteiger charge is -2.39. The molecule has 3 aliphatic rings. The van der Waals surface area contributed by atoms with E-state index >= 15 is 0 Å². The fourth-order valence-electron chi connectivity index (χ4n) is 13.2. The fraction of sp³-hybridized carbons (Fsp3) is 0.0294. The monoisotopic (exact) mass is 935 g/mol. The van der Waals surface area contributed by atoms with Gasteiger partial charge in [-0.15, -0.1) is 11.3 Å². The van der Waals surface area contributed by atoms with E-state index in [1.807, 2.05) is 11.3 Å². The summed E-state index contributed by atoms with van der Waals surface area (Å²) in [6.07, 6.45) is 0. The van der Waals surface area contributed by atoms with Crippen LogP contribution >= 0.6 is 11.3 Å². The van der Waals surface area contributed by atoms with E-state index < -0.39 is 10.8 Å². The van der Waals surface area contributed by atoms with Crippen LogP contribution in [0, 0.1) is 0 Å². The molecule has 2 aromatic heterocycles. The predicted octanol–water partition coefficient (Wildman–Crippen LogP) is 18.3. The minimum absolute atomic E-state index is 0.556. The number of furan rings is 1. The van der Waals surface area contributed by atoms with Gasteiger partial charge in [-0.1, -0.05) is 188 Å². The predicted molar refractivity (Wildman–Crippen MR) is 296 cm³/mol. The number of benzene rings is 11. The summed E-state index contributed by atoms with van der Waals surface area (Å²) in [5, 5.41) is 4.62. The van der Waals surface area contributed by atoms with Crippen LogP contribution in [0.1, 0.15) is 44.5 Å². The molecule has 0 saturated heterocycles. The van der Waals surface area contributed by atoms with Gasteiger partial charge >= 0.3 is 0 Å². The largest absolute Gasteiger partial charge is 0.457 e. The number of hydrogen-bond acceptors (Lipinski definition) is 4. The molecule has 11 aromatic carbocycles. The first-order valence-corrected chi connectivity index (χ1v) is 25.6. The van der Waals surface area contributed by atoms with Gasteiger partial charge in [0.15, 0.2) is 5.58 Å². The van der Waals surface area contributed by atoms with Gasteiger partial charge in [0.2, 0.25) is 0 Å². The van der Waals surface area contributed by atoms with Crippen molar-refractivity contribution < 1.29 is 9.15 Å². The summed E-state index contributed by atoms with van der Waals surface area (Å²) in [7, 11) is 0. The van der Waals surface area contributed by atoms with E-state index in [1.165, 1.54) is 86.9 Å². The number of hydrogen-bond donors (Lipinski definition) is 0. The molecular weight excluding hydrogens is 895 g/mol. The van der Waals surface area contributed by atoms with Crippen molar-refractivity contribution >= 4 is 70.5 Å². The average molecular weight is 936 g/mol. The number of fused-ring (bicyclic) bond motifs is 18. The molecule has 0 amide bonds. The molecule has 0 saturated carbocycles. The minimum Gasteiger partial charge on any atom is -0.457 e. The van der Waals surface area contributed by atoms with Crippen LogP contribution in [0.2, 0.25) is 0 Å². The Bertz CT molecular complexity index is 4310. The van der Waals surface area contributed by atoms with Gasteiger partial charge in [0, 0.05) is 47.8 Å². The molecule has 0 atom stereocenters. The van der Waals surface area contributed by atoms with Gasteiger partial charge in [0.1, 0.15) is 17.1 Å². The average Bonchev–Trinajstić information content (AvgIpc) is 4.17. The maximum atomic E-state index is 6.98. The summed E-state index contributed by atoms with van der Waals surface area (Å²) in [5.41, 5.74) is 18.6. The van der Waals surface area contributed by atoms with E-state index in [9.17, 15) is 0 Å². The van der Waals surface area contributed by atoms with Crippen molar-refractivity contribution in [2.75, 3.05) is 4.90 Å². The highest BCUT2D eigenvalue weighted by atomic mass is 32.1. The van der Waals surface area contributed by atoms with E-state index in [-0.39, 0.29) is 0 Å². The molecule has 72 heavy (non-hydrogen) atoms. The molecule has 1 aliphatic heterocycles. The van der Waals surface area contributed by atoms with Crippen molar-refractivity contribution in [3.05, 3.63) is 293 Å². The third-order valence-corrected chi connectivity index (χ3v) is 17.1. The minimum atomic E-state index is -0.576. The third-order valence-electron chi connectivity index (χ3n) is 16.0. The molecule has 0 N–H and O–H groups in total. The topological polar surface area (TPSA) is 25.6 Å². The number of anilines is 3. The quantitative estimate of drug-likeness (QED) is 0.172. The molecule has 3 nitrogen and oxygen atoms in total. The van der Waals surface area contributed by atoms with Crippen LogP contribution in [-0.2, 0) is 10.8 Å². The molecule has 16 rings (SSSR count). The lowest BCUT2D eigenvalue weighted by Crippen LogP contribution is -2.32. The summed E-state index contributed by atoms with van der Waals surface area (Å²) in [6.45, 7) is 0. The van der Waals surface area contributed by atoms with E-state index in [0.29, 0.717) is 0 Å². The second-order valence-electron chi connectivity index (χ2n) is 19.4. The smallest absolute Gasteiger partial charge is 0.159 e. The van der Waals surface area contributed by atoms with Crippen LogP contribution in [0.4, 0.5) is 17.1 Å². The highest BCUT2D eigenvalue weighted by Gasteiger charge is 2.51. The number of para-hydroxylation sites is 4. The van der Waals surface area contributed by atoms with Crippen molar-refractivity contribution in [3.8, 4) is 33.8 Å². The van der Waals surface area contributed by atoms with Gasteiger partial charge in [-0.2, -0.15) is 0 Å². The first kappa shape index (κ1) is 39.8. The highest BCUT2D eigenvalue weighted by molar-refractivity contribution is 7.26. The van der Waals surface area contributed by atoms with Crippen LogP contribution in [0.5, 0.6) is 11.5 Å². The van der Waals surface area contributed by atoms with E-state index in [1.54, 1.807) is 0 Å². The van der Waals surface area contributed by atoms with Crippen LogP contribution in [0.25, 0.3) is 64.4 Å². The van der Waals surface area contributed by atoms with Crippen molar-refractivity contribution in [2.45, 2.75) is 10.8 Å². The van der Waals surface area contributed by atoms with E-state index in [0.717, 1.165) is 50.5 Å². The number of rotatable bonds is 5. The van der Waals surface area contributed by atoms with Crippen molar-refractivity contribution in [2.24, 2.45) is 0 Å². The summed E-state index contributed by atoms with van der Waals surface area (Å²) < 4.78 is 16.1. The van der Waals surface area contributed by atoms with Crippen molar-refractivity contribution in [1.82, 2.24) is 0 Å². The molecule has 336 valence electrons. The second kappa shape index (κ2) is 14.8. The third kappa shape index (κ3) is 5.13. The van der Waals surface area contributed by atoms with Crippen LogP contribution < -0.4 is 9.64 Å². The molecule has 0 fully saturated rings. The highest BCUT2D eigenvalue weighted by Crippen LogP contribution is 2.64. The first-order chi connectivity index (χ1) is 35.7. The zero-order valence-electron chi connectivity index (χ0n) is 38.8. The van der Waals surface area contributed by atoms with Gasteiger partial charge < -0.3 is 14.1 Å². The van der Waals surface area contributed by atoms with Crippen LogP contribution in [0.3, 0.4) is 0 Å². The molecule has 3 heterocycles. The zero-order chi connectivity index (χ0) is 47.1.